The molecule has 1 saturated carbocycles. The summed E-state index contributed by atoms with van der Waals surface area (Å²) in [6, 6.07) is 0. The number of ether oxygens (including phenoxy) is 2. The molecule has 2 fully saturated rings. The lowest BCUT2D eigenvalue weighted by Crippen LogP contribution is -2.32. The summed E-state index contributed by atoms with van der Waals surface area (Å²) in [7, 11) is 0. The summed E-state index contributed by atoms with van der Waals surface area (Å²) in [6.07, 6.45) is 12.0. The van der Waals surface area contributed by atoms with Crippen LogP contribution in [0.1, 0.15) is 58.3 Å². The Balaban J connectivity index is 1.77. The quantitative estimate of drug-likeness (QED) is 0.676. The second-order valence-electron chi connectivity index (χ2n) is 5.14. The van der Waals surface area contributed by atoms with Crippen LogP contribution in [0.5, 0.6) is 0 Å². The van der Waals surface area contributed by atoms with Crippen molar-refractivity contribution in [1.82, 2.24) is 0 Å². The molecule has 1 saturated heterocycles. The van der Waals surface area contributed by atoms with Crippen LogP contribution in [0.25, 0.3) is 0 Å². The number of rotatable bonds is 4. The zero-order valence-electron chi connectivity index (χ0n) is 10.5. The molecule has 92 valence electrons. The predicted octanol–water partition coefficient (Wildman–Crippen LogP) is 3.81. The van der Waals surface area contributed by atoms with Crippen molar-refractivity contribution < 1.29 is 9.47 Å². The van der Waals surface area contributed by atoms with Gasteiger partial charge in [-0.15, -0.1) is 0 Å². The first kappa shape index (κ1) is 12.0. The van der Waals surface area contributed by atoms with E-state index in [0.717, 1.165) is 26.1 Å². The maximum atomic E-state index is 5.82. The lowest BCUT2D eigenvalue weighted by Gasteiger charge is -2.26. The van der Waals surface area contributed by atoms with Gasteiger partial charge in [0.1, 0.15) is 12.2 Å². The van der Waals surface area contributed by atoms with Gasteiger partial charge in [-0.25, -0.2) is 0 Å². The van der Waals surface area contributed by atoms with Gasteiger partial charge < -0.3 is 9.47 Å². The van der Waals surface area contributed by atoms with Crippen LogP contribution < -0.4 is 0 Å². The van der Waals surface area contributed by atoms with Crippen molar-refractivity contribution in [2.75, 3.05) is 13.2 Å². The zero-order chi connectivity index (χ0) is 11.3. The minimum atomic E-state index is 0.0196. The maximum absolute atomic E-state index is 5.82. The van der Waals surface area contributed by atoms with Gasteiger partial charge in [-0.2, -0.15) is 0 Å². The van der Waals surface area contributed by atoms with E-state index in [-0.39, 0.29) is 5.60 Å². The number of allylic oxidation sites excluding steroid dienone is 1. The normalized spacial score (nSPS) is 30.4. The van der Waals surface area contributed by atoms with Crippen molar-refractivity contribution in [3.63, 3.8) is 0 Å². The molecule has 1 atom stereocenters. The van der Waals surface area contributed by atoms with Gasteiger partial charge in [0.05, 0.1) is 6.26 Å². The first-order chi connectivity index (χ1) is 7.85. The Hall–Kier alpha value is -0.500. The first-order valence-electron chi connectivity index (χ1n) is 6.78. The van der Waals surface area contributed by atoms with Crippen LogP contribution >= 0.6 is 0 Å². The Morgan fingerprint density at radius 2 is 2.06 bits per heavy atom. The van der Waals surface area contributed by atoms with Crippen LogP contribution in [0.4, 0.5) is 0 Å². The molecule has 0 bridgehead atoms. The molecular formula is C14H24O2. The van der Waals surface area contributed by atoms with Crippen LogP contribution in [-0.2, 0) is 9.47 Å². The highest BCUT2D eigenvalue weighted by Crippen LogP contribution is 2.30. The molecule has 2 heteroatoms. The fourth-order valence-corrected chi connectivity index (χ4v) is 2.69. The molecule has 0 radical (unpaired) electrons. The summed E-state index contributed by atoms with van der Waals surface area (Å²) in [4.78, 5) is 0. The molecule has 2 aliphatic rings. The molecule has 0 spiro atoms. The van der Waals surface area contributed by atoms with Crippen LogP contribution in [0, 0.1) is 0 Å². The van der Waals surface area contributed by atoms with Gasteiger partial charge in [-0.3, -0.25) is 0 Å². The van der Waals surface area contributed by atoms with Gasteiger partial charge in [0.25, 0.3) is 0 Å². The summed E-state index contributed by atoms with van der Waals surface area (Å²) in [5.74, 6) is 0. The van der Waals surface area contributed by atoms with Crippen molar-refractivity contribution in [3.8, 4) is 0 Å². The molecule has 2 rings (SSSR count). The third-order valence-electron chi connectivity index (χ3n) is 3.92. The highest BCUT2D eigenvalue weighted by Gasteiger charge is 2.33. The molecule has 0 amide bonds. The Morgan fingerprint density at radius 1 is 1.25 bits per heavy atom. The minimum Gasteiger partial charge on any atom is -0.498 e. The van der Waals surface area contributed by atoms with Crippen LogP contribution in [0.15, 0.2) is 11.8 Å². The first-order valence-corrected chi connectivity index (χ1v) is 6.78. The molecule has 0 aromatic carbocycles. The lowest BCUT2D eigenvalue weighted by atomic mass is 9.96. The topological polar surface area (TPSA) is 18.5 Å². The van der Waals surface area contributed by atoms with E-state index >= 15 is 0 Å². The molecule has 0 aromatic heterocycles. The van der Waals surface area contributed by atoms with Crippen molar-refractivity contribution >= 4 is 0 Å². The van der Waals surface area contributed by atoms with E-state index in [9.17, 15) is 0 Å². The maximum Gasteiger partial charge on any atom is 0.116 e. The molecular weight excluding hydrogens is 200 g/mol. The van der Waals surface area contributed by atoms with Gasteiger partial charge in [0.2, 0.25) is 0 Å². The van der Waals surface area contributed by atoms with E-state index in [1.165, 1.54) is 44.1 Å². The van der Waals surface area contributed by atoms with E-state index in [0.29, 0.717) is 0 Å². The van der Waals surface area contributed by atoms with Crippen LogP contribution in [0.2, 0.25) is 0 Å². The number of hydrogen-bond acceptors (Lipinski definition) is 2. The highest BCUT2D eigenvalue weighted by atomic mass is 16.5. The van der Waals surface area contributed by atoms with Crippen LogP contribution in [0.3, 0.4) is 0 Å². The van der Waals surface area contributed by atoms with E-state index < -0.39 is 0 Å². The Morgan fingerprint density at radius 3 is 2.69 bits per heavy atom. The van der Waals surface area contributed by atoms with Crippen molar-refractivity contribution in [3.05, 3.63) is 11.8 Å². The molecule has 1 heterocycles. The second kappa shape index (κ2) is 5.72. The van der Waals surface area contributed by atoms with E-state index in [2.05, 4.69) is 6.92 Å². The van der Waals surface area contributed by atoms with Gasteiger partial charge >= 0.3 is 0 Å². The molecule has 1 unspecified atom stereocenters. The monoisotopic (exact) mass is 224 g/mol. The van der Waals surface area contributed by atoms with E-state index in [1.54, 1.807) is 0 Å². The highest BCUT2D eigenvalue weighted by molar-refractivity contribution is 5.00. The van der Waals surface area contributed by atoms with Crippen molar-refractivity contribution in [2.24, 2.45) is 0 Å². The summed E-state index contributed by atoms with van der Waals surface area (Å²) in [6.45, 7) is 3.85. The third kappa shape index (κ3) is 3.00. The van der Waals surface area contributed by atoms with E-state index in [4.69, 9.17) is 9.47 Å². The predicted molar refractivity (Wildman–Crippen MR) is 65.3 cm³/mol. The van der Waals surface area contributed by atoms with Crippen LogP contribution in [-0.4, -0.2) is 18.8 Å². The van der Waals surface area contributed by atoms with Gasteiger partial charge in [-0.05, 0) is 50.5 Å². The molecule has 2 nitrogen and oxygen atoms in total. The molecule has 0 N–H and O–H groups in total. The molecule has 0 aromatic rings. The lowest BCUT2D eigenvalue weighted by molar-refractivity contribution is -0.0449. The summed E-state index contributed by atoms with van der Waals surface area (Å²) < 4.78 is 11.6. The molecule has 16 heavy (non-hydrogen) atoms. The second-order valence-corrected chi connectivity index (χ2v) is 5.14. The van der Waals surface area contributed by atoms with Crippen molar-refractivity contribution in [1.29, 1.82) is 0 Å². The molecule has 1 aliphatic heterocycles. The van der Waals surface area contributed by atoms with Gasteiger partial charge in [0.15, 0.2) is 0 Å². The van der Waals surface area contributed by atoms with Gasteiger partial charge in [-0.1, -0.05) is 13.3 Å². The molecule has 1 aliphatic carbocycles. The fourth-order valence-electron chi connectivity index (χ4n) is 2.69. The zero-order valence-corrected chi connectivity index (χ0v) is 10.5. The van der Waals surface area contributed by atoms with Crippen molar-refractivity contribution in [2.45, 2.75) is 63.9 Å². The number of hydrogen-bond donors (Lipinski definition) is 0. The largest absolute Gasteiger partial charge is 0.498 e. The Bertz CT molecular complexity index is 231. The Kier molecular flexibility index (Phi) is 4.28. The minimum absolute atomic E-state index is 0.0196. The SMILES string of the molecule is CCC1(COC=C2CCCCC2)CCCO1. The summed E-state index contributed by atoms with van der Waals surface area (Å²) >= 11 is 0. The Labute approximate surface area is 99.0 Å². The smallest absolute Gasteiger partial charge is 0.116 e. The van der Waals surface area contributed by atoms with E-state index in [1.807, 2.05) is 6.26 Å². The average Bonchev–Trinajstić information content (AvgIpc) is 2.80. The summed E-state index contributed by atoms with van der Waals surface area (Å²) in [5, 5.41) is 0. The summed E-state index contributed by atoms with van der Waals surface area (Å²) in [5.41, 5.74) is 1.52. The fraction of sp³-hybridized carbons (Fsp3) is 0.857. The third-order valence-corrected chi connectivity index (χ3v) is 3.92. The average molecular weight is 224 g/mol. The standard InChI is InChI=1S/C14H24O2/c1-2-14(9-6-10-16-14)12-15-11-13-7-4-3-5-8-13/h11H,2-10,12H2,1H3. The van der Waals surface area contributed by atoms with Gasteiger partial charge in [0, 0.05) is 6.61 Å².